The van der Waals surface area contributed by atoms with Crippen LogP contribution in [-0.2, 0) is 9.53 Å². The van der Waals surface area contributed by atoms with Crippen LogP contribution in [0.25, 0.3) is 0 Å². The van der Waals surface area contributed by atoms with E-state index in [1.807, 2.05) is 18.2 Å². The molecule has 0 bridgehead atoms. The van der Waals surface area contributed by atoms with Crippen LogP contribution in [0.15, 0.2) is 24.3 Å². The lowest BCUT2D eigenvalue weighted by molar-refractivity contribution is -0.140. The van der Waals surface area contributed by atoms with E-state index in [0.717, 1.165) is 38.5 Å². The second-order valence-corrected chi connectivity index (χ2v) is 7.89. The summed E-state index contributed by atoms with van der Waals surface area (Å²) in [5, 5.41) is 20.6. The summed E-state index contributed by atoms with van der Waals surface area (Å²) < 4.78 is 4.62. The molecule has 0 saturated heterocycles. The summed E-state index contributed by atoms with van der Waals surface area (Å²) in [6, 6.07) is 0. The maximum atomic E-state index is 11.1. The minimum Gasteiger partial charge on any atom is -0.469 e. The van der Waals surface area contributed by atoms with Crippen LogP contribution in [0.4, 0.5) is 0 Å². The second-order valence-electron chi connectivity index (χ2n) is 7.22. The van der Waals surface area contributed by atoms with Crippen molar-refractivity contribution in [3.63, 3.8) is 0 Å². The first kappa shape index (κ1) is 23.3. The molecule has 0 aromatic rings. The van der Waals surface area contributed by atoms with Crippen LogP contribution in [0.2, 0.25) is 0 Å². The van der Waals surface area contributed by atoms with Crippen LogP contribution in [0.1, 0.15) is 64.7 Å². The lowest BCUT2D eigenvalue weighted by atomic mass is 9.89. The Hall–Kier alpha value is -0.780. The third-order valence-electron chi connectivity index (χ3n) is 5.15. The lowest BCUT2D eigenvalue weighted by Crippen LogP contribution is -2.19. The maximum absolute atomic E-state index is 11.1. The maximum Gasteiger partial charge on any atom is 0.305 e. The molecule has 150 valence electrons. The normalized spacial score (nSPS) is 27.4. The van der Waals surface area contributed by atoms with E-state index in [4.69, 9.17) is 0 Å². The molecule has 0 radical (unpaired) electrons. The first-order chi connectivity index (χ1) is 12.5. The summed E-state index contributed by atoms with van der Waals surface area (Å²) >= 11 is 4.66. The molecule has 1 fully saturated rings. The Balaban J connectivity index is 2.43. The topological polar surface area (TPSA) is 66.8 Å². The second kappa shape index (κ2) is 13.4. The molecule has 2 N–H and O–H groups in total. The average molecular weight is 385 g/mol. The average Bonchev–Trinajstić information content (AvgIpc) is 2.89. The minimum atomic E-state index is -0.424. The molecule has 0 aliphatic heterocycles. The molecule has 1 aliphatic carbocycles. The highest BCUT2D eigenvalue weighted by molar-refractivity contribution is 7.81. The molecule has 0 spiro atoms. The quantitative estimate of drug-likeness (QED) is 0.205. The first-order valence-electron chi connectivity index (χ1n) is 9.93. The van der Waals surface area contributed by atoms with Crippen molar-refractivity contribution in [3.05, 3.63) is 24.3 Å². The molecule has 4 nitrogen and oxygen atoms in total. The summed E-state index contributed by atoms with van der Waals surface area (Å²) in [6.07, 6.45) is 14.9. The summed E-state index contributed by atoms with van der Waals surface area (Å²) in [5.41, 5.74) is 0. The zero-order valence-corrected chi connectivity index (χ0v) is 17.1. The number of allylic oxidation sites excluding steroid dienone is 2. The van der Waals surface area contributed by atoms with Crippen molar-refractivity contribution in [2.75, 3.05) is 7.11 Å². The molecule has 0 aromatic carbocycles. The highest BCUT2D eigenvalue weighted by Gasteiger charge is 2.38. The van der Waals surface area contributed by atoms with E-state index in [-0.39, 0.29) is 23.2 Å². The van der Waals surface area contributed by atoms with Gasteiger partial charge in [0, 0.05) is 17.6 Å². The lowest BCUT2D eigenvalue weighted by Gasteiger charge is -2.21. The Kier molecular flexibility index (Phi) is 12.0. The first-order valence-corrected chi connectivity index (χ1v) is 10.5. The summed E-state index contributed by atoms with van der Waals surface area (Å²) in [4.78, 5) is 11.1. The van der Waals surface area contributed by atoms with Gasteiger partial charge in [0.2, 0.25) is 0 Å². The molecule has 1 saturated carbocycles. The molecule has 0 amide bonds. The van der Waals surface area contributed by atoms with E-state index in [9.17, 15) is 15.0 Å². The third kappa shape index (κ3) is 8.74. The number of carbonyl (C=O) groups is 1. The molecule has 0 aromatic heterocycles. The number of hydrogen-bond donors (Lipinski definition) is 3. The highest BCUT2D eigenvalue weighted by Crippen LogP contribution is 2.39. The van der Waals surface area contributed by atoms with E-state index in [0.29, 0.717) is 25.2 Å². The fraction of sp³-hybridized carbons (Fsp3) is 0.762. The van der Waals surface area contributed by atoms with Crippen molar-refractivity contribution < 1.29 is 19.7 Å². The van der Waals surface area contributed by atoms with Crippen molar-refractivity contribution in [2.24, 2.45) is 11.8 Å². The number of ether oxygens (including phenoxy) is 1. The number of unbranched alkanes of at least 4 members (excludes halogenated alkanes) is 2. The number of rotatable bonds is 12. The Labute approximate surface area is 164 Å². The van der Waals surface area contributed by atoms with Crippen molar-refractivity contribution in [1.29, 1.82) is 0 Å². The van der Waals surface area contributed by atoms with Gasteiger partial charge in [-0.15, -0.1) is 0 Å². The van der Waals surface area contributed by atoms with Crippen LogP contribution in [-0.4, -0.2) is 40.8 Å². The smallest absolute Gasteiger partial charge is 0.305 e. The fourth-order valence-corrected chi connectivity index (χ4v) is 4.12. The molecule has 5 heteroatoms. The monoisotopic (exact) mass is 384 g/mol. The standard InChI is InChI=1S/C21H36O4S/c1-3-4-7-10-16(22)13-14-17-18(20(26)15-19(17)23)11-8-5-6-9-12-21(24)25-2/h5-6,13-14,16-20,22-23,26H,3-4,7-12,15H2,1-2H3/b6-5-,14-13+/t16-,17+,18+,19+,20-/m0/s1. The number of aliphatic hydroxyl groups excluding tert-OH is 2. The molecule has 1 aliphatic rings. The largest absolute Gasteiger partial charge is 0.469 e. The van der Waals surface area contributed by atoms with Gasteiger partial charge in [-0.1, -0.05) is 50.5 Å². The van der Waals surface area contributed by atoms with Gasteiger partial charge in [0.1, 0.15) is 0 Å². The van der Waals surface area contributed by atoms with Gasteiger partial charge in [-0.05, 0) is 38.0 Å². The van der Waals surface area contributed by atoms with Gasteiger partial charge >= 0.3 is 5.97 Å². The molecule has 1 rings (SSSR count). The van der Waals surface area contributed by atoms with E-state index in [2.05, 4.69) is 30.4 Å². The van der Waals surface area contributed by atoms with Crippen LogP contribution >= 0.6 is 12.6 Å². The Morgan fingerprint density at radius 3 is 2.73 bits per heavy atom. The van der Waals surface area contributed by atoms with Crippen LogP contribution in [0.5, 0.6) is 0 Å². The number of thiol groups is 1. The predicted molar refractivity (Wildman–Crippen MR) is 109 cm³/mol. The molecular weight excluding hydrogens is 348 g/mol. The number of carbonyl (C=O) groups excluding carboxylic acids is 1. The van der Waals surface area contributed by atoms with E-state index < -0.39 is 6.10 Å². The van der Waals surface area contributed by atoms with Gasteiger partial charge < -0.3 is 14.9 Å². The van der Waals surface area contributed by atoms with E-state index >= 15 is 0 Å². The van der Waals surface area contributed by atoms with Gasteiger partial charge in [0.15, 0.2) is 0 Å². The Morgan fingerprint density at radius 2 is 2.04 bits per heavy atom. The molecule has 0 unspecified atom stereocenters. The predicted octanol–water partition coefficient (Wildman–Crippen LogP) is 4.07. The fourth-order valence-electron chi connectivity index (χ4n) is 3.56. The van der Waals surface area contributed by atoms with Crippen molar-refractivity contribution in [1.82, 2.24) is 0 Å². The SMILES string of the molecule is CCCCC[C@H](O)/C=C/[C@@H]1[C@@H](CC/C=C\CCC(=O)OC)[C@@H](S)C[C@H]1O. The third-order valence-corrected chi connectivity index (χ3v) is 5.74. The molecular formula is C21H36O4S. The van der Waals surface area contributed by atoms with Gasteiger partial charge in [-0.2, -0.15) is 12.6 Å². The number of esters is 1. The van der Waals surface area contributed by atoms with Crippen molar-refractivity contribution >= 4 is 18.6 Å². The van der Waals surface area contributed by atoms with Gasteiger partial charge in [0.05, 0.1) is 19.3 Å². The van der Waals surface area contributed by atoms with Crippen LogP contribution in [0, 0.1) is 11.8 Å². The summed E-state index contributed by atoms with van der Waals surface area (Å²) in [6.45, 7) is 2.15. The van der Waals surface area contributed by atoms with Gasteiger partial charge in [-0.25, -0.2) is 0 Å². The van der Waals surface area contributed by atoms with Gasteiger partial charge in [-0.3, -0.25) is 4.79 Å². The van der Waals surface area contributed by atoms with Crippen molar-refractivity contribution in [2.45, 2.75) is 82.2 Å². The zero-order chi connectivity index (χ0) is 19.4. The molecule has 5 atom stereocenters. The van der Waals surface area contributed by atoms with Crippen LogP contribution < -0.4 is 0 Å². The molecule has 0 heterocycles. The summed E-state index contributed by atoms with van der Waals surface area (Å²) in [7, 11) is 1.40. The summed E-state index contributed by atoms with van der Waals surface area (Å²) in [5.74, 6) is 0.172. The highest BCUT2D eigenvalue weighted by atomic mass is 32.1. The molecule has 26 heavy (non-hydrogen) atoms. The number of hydrogen-bond acceptors (Lipinski definition) is 5. The zero-order valence-electron chi connectivity index (χ0n) is 16.2. The van der Waals surface area contributed by atoms with E-state index in [1.165, 1.54) is 7.11 Å². The van der Waals surface area contributed by atoms with Crippen molar-refractivity contribution in [3.8, 4) is 0 Å². The van der Waals surface area contributed by atoms with Crippen LogP contribution in [0.3, 0.4) is 0 Å². The Bertz CT molecular complexity index is 449. The van der Waals surface area contributed by atoms with Gasteiger partial charge in [0.25, 0.3) is 0 Å². The number of aliphatic hydroxyl groups is 2. The van der Waals surface area contributed by atoms with E-state index in [1.54, 1.807) is 0 Å². The minimum absolute atomic E-state index is 0.0572. The Morgan fingerprint density at radius 1 is 1.31 bits per heavy atom. The number of methoxy groups -OCH3 is 1.